The second kappa shape index (κ2) is 8.47. The average Bonchev–Trinajstić information content (AvgIpc) is 3.48. The van der Waals surface area contributed by atoms with E-state index in [4.69, 9.17) is 5.10 Å². The van der Waals surface area contributed by atoms with Crippen molar-refractivity contribution in [3.63, 3.8) is 0 Å². The minimum absolute atomic E-state index is 0.106. The Morgan fingerprint density at radius 3 is 2.82 bits per heavy atom. The summed E-state index contributed by atoms with van der Waals surface area (Å²) in [5.74, 6) is 0.726. The average molecular weight is 480 g/mol. The van der Waals surface area contributed by atoms with E-state index in [-0.39, 0.29) is 18.2 Å². The summed E-state index contributed by atoms with van der Waals surface area (Å²) in [7, 11) is 0. The summed E-state index contributed by atoms with van der Waals surface area (Å²) in [6.07, 6.45) is 3.44. The first-order chi connectivity index (χ1) is 16.1. The largest absolute Gasteiger partial charge is 0.301 e. The molecule has 2 fully saturated rings. The highest BCUT2D eigenvalue weighted by atomic mass is 32.2. The van der Waals surface area contributed by atoms with Crippen LogP contribution in [0.4, 0.5) is 5.13 Å². The van der Waals surface area contributed by atoms with Gasteiger partial charge in [-0.25, -0.2) is 4.98 Å². The van der Waals surface area contributed by atoms with Crippen LogP contribution in [0.15, 0.2) is 40.4 Å². The summed E-state index contributed by atoms with van der Waals surface area (Å²) < 4.78 is 2.80. The van der Waals surface area contributed by atoms with Gasteiger partial charge in [0.05, 0.1) is 22.5 Å². The molecule has 1 aromatic carbocycles. The molecule has 0 spiro atoms. The molecule has 9 nitrogen and oxygen atoms in total. The fourth-order valence-electron chi connectivity index (χ4n) is 3.89. The number of nitrogens with zero attached hydrogens (tertiary/aromatic N) is 6. The molecule has 2 aliphatic rings. The van der Waals surface area contributed by atoms with Crippen LogP contribution in [0, 0.1) is 0 Å². The number of carbonyl (C=O) groups excluding carboxylic acids is 2. The van der Waals surface area contributed by atoms with Crippen LogP contribution in [0.5, 0.6) is 0 Å². The van der Waals surface area contributed by atoms with Gasteiger partial charge in [-0.2, -0.15) is 9.61 Å². The molecule has 168 valence electrons. The molecule has 4 heterocycles. The van der Waals surface area contributed by atoms with Crippen molar-refractivity contribution in [1.82, 2.24) is 29.7 Å². The molecular weight excluding hydrogens is 458 g/mol. The molecule has 3 aromatic heterocycles. The van der Waals surface area contributed by atoms with Gasteiger partial charge in [0.25, 0.3) is 0 Å². The van der Waals surface area contributed by atoms with E-state index in [9.17, 15) is 9.59 Å². The van der Waals surface area contributed by atoms with Gasteiger partial charge in [0.2, 0.25) is 11.1 Å². The third-order valence-electron chi connectivity index (χ3n) is 5.85. The van der Waals surface area contributed by atoms with Crippen LogP contribution in [0.2, 0.25) is 0 Å². The van der Waals surface area contributed by atoms with E-state index in [1.165, 1.54) is 35.9 Å². The number of fused-ring (bicyclic) bond motifs is 2. The molecule has 11 heteroatoms. The summed E-state index contributed by atoms with van der Waals surface area (Å²) in [6, 6.07) is 10.0. The topological polar surface area (TPSA) is 105 Å². The molecule has 0 radical (unpaired) electrons. The standard InChI is InChI=1S/C22H21N7O2S2/c30-14-7-9-28(10-8-14)12-20(31)24-21-23-17-4-3-15(11-18(17)33-21)32-22-26-25-19-6-5-16(13-1-2-13)27-29(19)22/h3-6,11,13H,1-2,7-10,12H2,(H,23,24,31). The summed E-state index contributed by atoms with van der Waals surface area (Å²) in [5, 5.41) is 17.5. The number of nitrogens with one attached hydrogen (secondary N) is 1. The number of carbonyl (C=O) groups is 2. The lowest BCUT2D eigenvalue weighted by Crippen LogP contribution is -2.39. The van der Waals surface area contributed by atoms with Gasteiger partial charge in [-0.05, 0) is 54.9 Å². The zero-order valence-corrected chi connectivity index (χ0v) is 19.4. The Bertz CT molecular complexity index is 1370. The highest BCUT2D eigenvalue weighted by Gasteiger charge is 2.26. The number of benzene rings is 1. The van der Waals surface area contributed by atoms with Crippen molar-refractivity contribution in [3.8, 4) is 0 Å². The molecule has 0 unspecified atom stereocenters. The maximum Gasteiger partial charge on any atom is 0.240 e. The highest BCUT2D eigenvalue weighted by Crippen LogP contribution is 2.39. The number of amides is 1. The van der Waals surface area contributed by atoms with Gasteiger partial charge < -0.3 is 5.32 Å². The Labute approximate surface area is 197 Å². The smallest absolute Gasteiger partial charge is 0.240 e. The van der Waals surface area contributed by atoms with Gasteiger partial charge >= 0.3 is 0 Å². The number of piperidine rings is 1. The molecule has 0 bridgehead atoms. The minimum Gasteiger partial charge on any atom is -0.301 e. The molecule has 33 heavy (non-hydrogen) atoms. The lowest BCUT2D eigenvalue weighted by molar-refractivity contribution is -0.124. The molecular formula is C22H21N7O2S2. The zero-order valence-electron chi connectivity index (χ0n) is 17.7. The normalized spacial score (nSPS) is 17.2. The quantitative estimate of drug-likeness (QED) is 0.449. The van der Waals surface area contributed by atoms with Crippen LogP contribution in [-0.2, 0) is 9.59 Å². The van der Waals surface area contributed by atoms with E-state index < -0.39 is 0 Å². The van der Waals surface area contributed by atoms with Crippen molar-refractivity contribution in [3.05, 3.63) is 36.0 Å². The molecule has 0 atom stereocenters. The molecule has 1 amide bonds. The third kappa shape index (κ3) is 4.48. The van der Waals surface area contributed by atoms with E-state index >= 15 is 0 Å². The summed E-state index contributed by atoms with van der Waals surface area (Å²) in [5.41, 5.74) is 2.67. The maximum atomic E-state index is 12.4. The molecule has 1 saturated heterocycles. The molecule has 1 aliphatic heterocycles. The van der Waals surface area contributed by atoms with Crippen LogP contribution in [-0.4, -0.2) is 61.0 Å². The van der Waals surface area contributed by atoms with Crippen molar-refractivity contribution in [2.45, 2.75) is 41.7 Å². The number of rotatable bonds is 6. The van der Waals surface area contributed by atoms with Crippen LogP contribution < -0.4 is 5.32 Å². The first-order valence-electron chi connectivity index (χ1n) is 11.0. The second-order valence-corrected chi connectivity index (χ2v) is 10.5. The predicted molar refractivity (Wildman–Crippen MR) is 126 cm³/mol. The number of hydrogen-bond acceptors (Lipinski definition) is 9. The van der Waals surface area contributed by atoms with Gasteiger partial charge in [0.15, 0.2) is 10.8 Å². The molecule has 1 saturated carbocycles. The Hall–Kier alpha value is -2.89. The van der Waals surface area contributed by atoms with Crippen molar-refractivity contribution < 1.29 is 9.59 Å². The second-order valence-electron chi connectivity index (χ2n) is 8.40. The lowest BCUT2D eigenvalue weighted by atomic mass is 10.1. The predicted octanol–water partition coefficient (Wildman–Crippen LogP) is 3.37. The van der Waals surface area contributed by atoms with Crippen LogP contribution >= 0.6 is 23.1 Å². The van der Waals surface area contributed by atoms with Crippen molar-refractivity contribution in [1.29, 1.82) is 0 Å². The summed E-state index contributed by atoms with van der Waals surface area (Å²) in [6.45, 7) is 1.56. The van der Waals surface area contributed by atoms with E-state index in [0.29, 0.717) is 37.0 Å². The summed E-state index contributed by atoms with van der Waals surface area (Å²) >= 11 is 2.96. The molecule has 1 aliphatic carbocycles. The van der Waals surface area contributed by atoms with Gasteiger partial charge in [0, 0.05) is 36.7 Å². The van der Waals surface area contributed by atoms with Gasteiger partial charge in [-0.1, -0.05) is 11.3 Å². The first kappa shape index (κ1) is 20.7. The number of Topliss-reactive ketones (excluding diaryl/α,β-unsaturated/α-hetero) is 1. The Kier molecular flexibility index (Phi) is 5.31. The minimum atomic E-state index is -0.106. The zero-order chi connectivity index (χ0) is 22.4. The fourth-order valence-corrected chi connectivity index (χ4v) is 5.72. The van der Waals surface area contributed by atoms with E-state index in [2.05, 4.69) is 26.6 Å². The van der Waals surface area contributed by atoms with Gasteiger partial charge in [-0.15, -0.1) is 10.2 Å². The first-order valence-corrected chi connectivity index (χ1v) is 12.6. The van der Waals surface area contributed by atoms with E-state index in [1.54, 1.807) is 0 Å². The van der Waals surface area contributed by atoms with Crippen LogP contribution in [0.1, 0.15) is 37.3 Å². The number of aromatic nitrogens is 5. The maximum absolute atomic E-state index is 12.4. The Morgan fingerprint density at radius 1 is 1.15 bits per heavy atom. The number of ketones is 1. The van der Waals surface area contributed by atoms with E-state index in [0.717, 1.165) is 31.6 Å². The third-order valence-corrected chi connectivity index (χ3v) is 7.71. The number of anilines is 1. The van der Waals surface area contributed by atoms with Gasteiger partial charge in [-0.3, -0.25) is 14.5 Å². The van der Waals surface area contributed by atoms with Crippen molar-refractivity contribution >= 4 is 55.8 Å². The number of thiazole rings is 1. The van der Waals surface area contributed by atoms with E-state index in [1.807, 2.05) is 33.7 Å². The van der Waals surface area contributed by atoms with Crippen LogP contribution in [0.25, 0.3) is 15.9 Å². The molecule has 4 aromatic rings. The van der Waals surface area contributed by atoms with Crippen LogP contribution in [0.3, 0.4) is 0 Å². The molecule has 1 N–H and O–H groups in total. The SMILES string of the molecule is O=C1CCN(CC(=O)Nc2nc3ccc(Sc4nnc5ccc(C6CC6)nn45)cc3s2)CC1. The Morgan fingerprint density at radius 2 is 2.00 bits per heavy atom. The number of likely N-dealkylation sites (tertiary alicyclic amines) is 1. The van der Waals surface area contributed by atoms with Gasteiger partial charge in [0.1, 0.15) is 5.78 Å². The molecule has 6 rings (SSSR count). The monoisotopic (exact) mass is 479 g/mol. The fraction of sp³-hybridized carbons (Fsp3) is 0.364. The lowest BCUT2D eigenvalue weighted by Gasteiger charge is -2.24. The Balaban J connectivity index is 1.16. The number of hydrogen-bond donors (Lipinski definition) is 1. The van der Waals surface area contributed by atoms with Crippen molar-refractivity contribution in [2.75, 3.05) is 25.0 Å². The highest BCUT2D eigenvalue weighted by molar-refractivity contribution is 7.99. The summed E-state index contributed by atoms with van der Waals surface area (Å²) in [4.78, 5) is 31.3. The van der Waals surface area contributed by atoms with Crippen molar-refractivity contribution in [2.24, 2.45) is 0 Å².